The van der Waals surface area contributed by atoms with E-state index in [2.05, 4.69) is 10.1 Å². The fourth-order valence-corrected chi connectivity index (χ4v) is 2.22. The molecule has 0 aliphatic heterocycles. The second-order valence-electron chi connectivity index (χ2n) is 4.74. The summed E-state index contributed by atoms with van der Waals surface area (Å²) in [4.78, 5) is 45.4. The summed E-state index contributed by atoms with van der Waals surface area (Å²) in [5.74, 6) is -1.66. The van der Waals surface area contributed by atoms with Gasteiger partial charge in [-0.25, -0.2) is 9.59 Å². The monoisotopic (exact) mass is 335 g/mol. The molecule has 9 heteroatoms. The molecule has 126 valence electrons. The Kier molecular flexibility index (Phi) is 8.54. The van der Waals surface area contributed by atoms with Crippen LogP contribution in [0.3, 0.4) is 0 Å². The third-order valence-corrected chi connectivity index (χ3v) is 3.40. The van der Waals surface area contributed by atoms with E-state index in [0.29, 0.717) is 11.8 Å². The average Bonchev–Trinajstić information content (AvgIpc) is 2.34. The first kappa shape index (κ1) is 20.2. The van der Waals surface area contributed by atoms with Crippen molar-refractivity contribution in [2.75, 3.05) is 13.4 Å². The lowest BCUT2D eigenvalue weighted by molar-refractivity contribution is -0.148. The number of nitrogens with one attached hydrogen (secondary N) is 1. The molecule has 8 nitrogen and oxygen atoms in total. The number of ether oxygens (including phenoxy) is 3. The van der Waals surface area contributed by atoms with Crippen molar-refractivity contribution in [3.63, 3.8) is 0 Å². The van der Waals surface area contributed by atoms with Crippen LogP contribution in [0.4, 0.5) is 4.79 Å². The zero-order chi connectivity index (χ0) is 17.3. The van der Waals surface area contributed by atoms with E-state index < -0.39 is 40.7 Å². The Morgan fingerprint density at radius 1 is 1.09 bits per heavy atom. The van der Waals surface area contributed by atoms with Gasteiger partial charge in [-0.05, 0) is 32.5 Å². The van der Waals surface area contributed by atoms with Crippen LogP contribution in [0.2, 0.25) is 0 Å². The molecule has 1 amide bonds. The molecular weight excluding hydrogens is 314 g/mol. The maximum Gasteiger partial charge on any atom is 0.370 e. The third-order valence-electron chi connectivity index (χ3n) is 2.35. The number of carbonyl (C=O) groups excluding carboxylic acids is 4. The van der Waals surface area contributed by atoms with Crippen LogP contribution in [0, 0.1) is 0 Å². The number of rotatable bonds is 7. The largest absolute Gasteiger partial charge is 0.464 e. The fourth-order valence-electron chi connectivity index (χ4n) is 1.41. The average molecular weight is 335 g/mol. The van der Waals surface area contributed by atoms with E-state index >= 15 is 0 Å². The zero-order valence-electron chi connectivity index (χ0n) is 13.3. The van der Waals surface area contributed by atoms with E-state index in [1.165, 1.54) is 13.8 Å². The molecule has 1 atom stereocenters. The molecule has 0 aromatic rings. The van der Waals surface area contributed by atoms with Gasteiger partial charge >= 0.3 is 17.2 Å². The highest BCUT2D eigenvalue weighted by molar-refractivity contribution is 8.14. The SMILES string of the molecule is CCOC(=O)[C@H](NC(C)=O)C(C)(C)SC(=O)OCOC(C)=O. The number of carbonyl (C=O) groups is 4. The summed E-state index contributed by atoms with van der Waals surface area (Å²) >= 11 is 0.690. The van der Waals surface area contributed by atoms with Crippen LogP contribution in [0.25, 0.3) is 0 Å². The highest BCUT2D eigenvalue weighted by Gasteiger charge is 2.40. The van der Waals surface area contributed by atoms with Crippen molar-refractivity contribution in [2.45, 2.75) is 45.4 Å². The second kappa shape index (κ2) is 9.29. The smallest absolute Gasteiger partial charge is 0.370 e. The highest BCUT2D eigenvalue weighted by atomic mass is 32.2. The second-order valence-corrected chi connectivity index (χ2v) is 6.33. The Hall–Kier alpha value is -1.77. The van der Waals surface area contributed by atoms with Gasteiger partial charge in [0.25, 0.3) is 0 Å². The number of thioether (sulfide) groups is 1. The standard InChI is InChI=1S/C13H21NO7S/c1-6-19-11(17)10(14-8(2)15)13(4,5)22-12(18)21-7-20-9(3)16/h10H,6-7H2,1-5H3,(H,14,15)/t10-/m0/s1. The van der Waals surface area contributed by atoms with Crippen LogP contribution in [0.15, 0.2) is 0 Å². The highest BCUT2D eigenvalue weighted by Crippen LogP contribution is 2.30. The van der Waals surface area contributed by atoms with Gasteiger partial charge < -0.3 is 19.5 Å². The van der Waals surface area contributed by atoms with Gasteiger partial charge in [0, 0.05) is 13.8 Å². The van der Waals surface area contributed by atoms with Crippen molar-refractivity contribution < 1.29 is 33.4 Å². The van der Waals surface area contributed by atoms with Crippen molar-refractivity contribution in [1.82, 2.24) is 5.32 Å². The van der Waals surface area contributed by atoms with Crippen molar-refractivity contribution in [3.8, 4) is 0 Å². The number of hydrogen-bond acceptors (Lipinski definition) is 8. The molecule has 0 heterocycles. The molecule has 0 aliphatic rings. The van der Waals surface area contributed by atoms with E-state index in [1.54, 1.807) is 20.8 Å². The minimum atomic E-state index is -1.03. The van der Waals surface area contributed by atoms with Gasteiger partial charge in [-0.3, -0.25) is 9.59 Å². The van der Waals surface area contributed by atoms with E-state index in [4.69, 9.17) is 9.47 Å². The molecule has 0 aromatic carbocycles. The van der Waals surface area contributed by atoms with E-state index in [9.17, 15) is 19.2 Å². The fraction of sp³-hybridized carbons (Fsp3) is 0.692. The molecule has 0 saturated heterocycles. The molecule has 22 heavy (non-hydrogen) atoms. The van der Waals surface area contributed by atoms with Crippen LogP contribution in [-0.4, -0.2) is 47.3 Å². The first-order chi connectivity index (χ1) is 10.1. The minimum absolute atomic E-state index is 0.145. The van der Waals surface area contributed by atoms with Crippen molar-refractivity contribution in [1.29, 1.82) is 0 Å². The molecule has 0 unspecified atom stereocenters. The van der Waals surface area contributed by atoms with Gasteiger partial charge in [0.05, 0.1) is 11.4 Å². The zero-order valence-corrected chi connectivity index (χ0v) is 14.1. The lowest BCUT2D eigenvalue weighted by atomic mass is 10.0. The predicted molar refractivity (Wildman–Crippen MR) is 79.0 cm³/mol. The molecule has 0 aromatic heterocycles. The van der Waals surface area contributed by atoms with E-state index in [1.807, 2.05) is 0 Å². The summed E-state index contributed by atoms with van der Waals surface area (Å²) in [5, 5.41) is 1.71. The molecule has 0 fully saturated rings. The van der Waals surface area contributed by atoms with Crippen molar-refractivity contribution >= 4 is 34.9 Å². The first-order valence-corrected chi connectivity index (χ1v) is 7.34. The lowest BCUT2D eigenvalue weighted by Crippen LogP contribution is -2.53. The van der Waals surface area contributed by atoms with Crippen molar-refractivity contribution in [3.05, 3.63) is 0 Å². The molecule has 0 radical (unpaired) electrons. The van der Waals surface area contributed by atoms with Crippen LogP contribution in [-0.2, 0) is 28.6 Å². The van der Waals surface area contributed by atoms with E-state index in [-0.39, 0.29) is 6.61 Å². The van der Waals surface area contributed by atoms with Gasteiger partial charge in [0.2, 0.25) is 12.7 Å². The molecule has 0 bridgehead atoms. The molecule has 0 spiro atoms. The molecular formula is C13H21NO7S. The molecule has 0 aliphatic carbocycles. The predicted octanol–water partition coefficient (Wildman–Crippen LogP) is 1.22. The van der Waals surface area contributed by atoms with Gasteiger partial charge in [0.1, 0.15) is 6.04 Å². The molecule has 0 rings (SSSR count). The van der Waals surface area contributed by atoms with E-state index in [0.717, 1.165) is 0 Å². The van der Waals surface area contributed by atoms with Crippen LogP contribution >= 0.6 is 11.8 Å². The summed E-state index contributed by atoms with van der Waals surface area (Å²) in [6.45, 7) is 6.87. The summed E-state index contributed by atoms with van der Waals surface area (Å²) in [5.41, 5.74) is 0. The first-order valence-electron chi connectivity index (χ1n) is 6.53. The number of esters is 2. The van der Waals surface area contributed by atoms with Gasteiger partial charge in [-0.15, -0.1) is 0 Å². The Balaban J connectivity index is 4.79. The topological polar surface area (TPSA) is 108 Å². The lowest BCUT2D eigenvalue weighted by Gasteiger charge is -2.31. The maximum absolute atomic E-state index is 11.9. The Morgan fingerprint density at radius 3 is 2.14 bits per heavy atom. The van der Waals surface area contributed by atoms with Crippen LogP contribution in [0.5, 0.6) is 0 Å². The van der Waals surface area contributed by atoms with Gasteiger partial charge in [-0.1, -0.05) is 0 Å². The summed E-state index contributed by atoms with van der Waals surface area (Å²) in [7, 11) is 0. The maximum atomic E-state index is 11.9. The van der Waals surface area contributed by atoms with Crippen molar-refractivity contribution in [2.24, 2.45) is 0 Å². The summed E-state index contributed by atoms with van der Waals surface area (Å²) in [6.07, 6.45) is 0. The normalized spacial score (nSPS) is 12.0. The molecule has 0 saturated carbocycles. The minimum Gasteiger partial charge on any atom is -0.464 e. The summed E-state index contributed by atoms with van der Waals surface area (Å²) in [6, 6.07) is -1.03. The van der Waals surface area contributed by atoms with Crippen LogP contribution < -0.4 is 5.32 Å². The Labute approximate surface area is 133 Å². The summed E-state index contributed by atoms with van der Waals surface area (Å²) < 4.78 is 13.1. The third kappa shape index (κ3) is 7.87. The number of amides is 1. The Morgan fingerprint density at radius 2 is 1.68 bits per heavy atom. The molecule has 1 N–H and O–H groups in total. The van der Waals surface area contributed by atoms with Crippen LogP contribution in [0.1, 0.15) is 34.6 Å². The van der Waals surface area contributed by atoms with Gasteiger partial charge in [0.15, 0.2) is 0 Å². The number of hydrogen-bond donors (Lipinski definition) is 1. The Bertz CT molecular complexity index is 436. The quantitative estimate of drug-likeness (QED) is 0.546. The van der Waals surface area contributed by atoms with Gasteiger partial charge in [-0.2, -0.15) is 0 Å².